The molecule has 0 spiro atoms. The lowest BCUT2D eigenvalue weighted by Crippen LogP contribution is -2.43. The van der Waals surface area contributed by atoms with Gasteiger partial charge >= 0.3 is 6.09 Å². The van der Waals surface area contributed by atoms with Crippen LogP contribution >= 0.6 is 11.6 Å². The Balaban J connectivity index is 1.10. The van der Waals surface area contributed by atoms with Crippen molar-refractivity contribution in [1.82, 2.24) is 19.9 Å². The zero-order valence-electron chi connectivity index (χ0n) is 22.8. The van der Waals surface area contributed by atoms with Crippen LogP contribution in [0.1, 0.15) is 72.1 Å². The Bertz CT molecular complexity index is 1240. The zero-order chi connectivity index (χ0) is 26.7. The van der Waals surface area contributed by atoms with E-state index in [4.69, 9.17) is 21.3 Å². The van der Waals surface area contributed by atoms with Gasteiger partial charge in [-0.15, -0.1) is 0 Å². The third-order valence-electron chi connectivity index (χ3n) is 7.92. The van der Waals surface area contributed by atoms with Crippen LogP contribution in [-0.4, -0.2) is 50.7 Å². The predicted molar refractivity (Wildman–Crippen MR) is 153 cm³/mol. The number of ether oxygens (including phenoxy) is 1. The number of piperidine rings is 1. The van der Waals surface area contributed by atoms with E-state index in [1.54, 1.807) is 6.20 Å². The summed E-state index contributed by atoms with van der Waals surface area (Å²) in [5.41, 5.74) is 2.37. The minimum Gasteiger partial charge on any atom is -0.444 e. The van der Waals surface area contributed by atoms with E-state index >= 15 is 0 Å². The zero-order valence-corrected chi connectivity index (χ0v) is 23.6. The number of aromatic amines is 1. The fourth-order valence-corrected chi connectivity index (χ4v) is 6.13. The summed E-state index contributed by atoms with van der Waals surface area (Å²) < 4.78 is 5.60. The molecule has 2 aliphatic rings. The molecule has 2 aromatic heterocycles. The number of nitrogens with one attached hydrogen (secondary N) is 2. The molecule has 1 atom stereocenters. The molecule has 1 aromatic carbocycles. The first-order valence-electron chi connectivity index (χ1n) is 14.1. The van der Waals surface area contributed by atoms with Crippen LogP contribution in [0.3, 0.4) is 0 Å². The molecule has 1 saturated carbocycles. The molecule has 0 bridgehead atoms. The molecule has 204 valence electrons. The Labute approximate surface area is 230 Å². The molecule has 0 radical (unpaired) electrons. The SMILES string of the molecule is CC(C)(C)OC(=O)N1CCCC(CCC2CCC(Nc3ncc(Cl)c(-c4c[nH]c5ccccc45)n3)CC2)C1. The van der Waals surface area contributed by atoms with Gasteiger partial charge in [0, 0.05) is 41.8 Å². The van der Waals surface area contributed by atoms with Gasteiger partial charge in [0.05, 0.1) is 16.9 Å². The Morgan fingerprint density at radius 2 is 1.89 bits per heavy atom. The average Bonchev–Trinajstić information content (AvgIpc) is 3.33. The van der Waals surface area contributed by atoms with Crippen molar-refractivity contribution in [3.8, 4) is 11.3 Å². The normalized spacial score (nSPS) is 22.4. The molecule has 1 aliphatic heterocycles. The number of aromatic nitrogens is 3. The van der Waals surface area contributed by atoms with Crippen molar-refractivity contribution >= 4 is 34.5 Å². The summed E-state index contributed by atoms with van der Waals surface area (Å²) in [6, 6.07) is 8.55. The first kappa shape index (κ1) is 26.8. The van der Waals surface area contributed by atoms with E-state index in [9.17, 15) is 4.79 Å². The van der Waals surface area contributed by atoms with Crippen LogP contribution in [0, 0.1) is 11.8 Å². The second kappa shape index (κ2) is 11.5. The molecule has 1 amide bonds. The summed E-state index contributed by atoms with van der Waals surface area (Å²) >= 11 is 6.51. The largest absolute Gasteiger partial charge is 0.444 e. The molecule has 7 nitrogen and oxygen atoms in total. The number of nitrogens with zero attached hydrogens (tertiary/aromatic N) is 3. The predicted octanol–water partition coefficient (Wildman–Crippen LogP) is 7.68. The van der Waals surface area contributed by atoms with Crippen LogP contribution in [0.15, 0.2) is 36.7 Å². The number of carbonyl (C=O) groups is 1. The van der Waals surface area contributed by atoms with Crippen LogP contribution in [0.4, 0.5) is 10.7 Å². The topological polar surface area (TPSA) is 83.1 Å². The highest BCUT2D eigenvalue weighted by Crippen LogP contribution is 2.34. The van der Waals surface area contributed by atoms with Gasteiger partial charge in [0.25, 0.3) is 0 Å². The van der Waals surface area contributed by atoms with Crippen LogP contribution in [0.5, 0.6) is 0 Å². The van der Waals surface area contributed by atoms with Crippen LogP contribution in [0.2, 0.25) is 5.02 Å². The molecule has 3 heterocycles. The smallest absolute Gasteiger partial charge is 0.410 e. The van der Waals surface area contributed by atoms with Crippen molar-refractivity contribution in [2.75, 3.05) is 18.4 Å². The van der Waals surface area contributed by atoms with Gasteiger partial charge in [-0.25, -0.2) is 14.8 Å². The van der Waals surface area contributed by atoms with E-state index in [1.807, 2.05) is 44.0 Å². The Morgan fingerprint density at radius 3 is 2.68 bits per heavy atom. The summed E-state index contributed by atoms with van der Waals surface area (Å²) in [6.45, 7) is 7.44. The van der Waals surface area contributed by atoms with Gasteiger partial charge in [-0.1, -0.05) is 36.2 Å². The highest BCUT2D eigenvalue weighted by Gasteiger charge is 2.29. The number of hydrogen-bond acceptors (Lipinski definition) is 5. The molecular weight excluding hydrogens is 498 g/mol. The number of carbonyl (C=O) groups excluding carboxylic acids is 1. The number of fused-ring (bicyclic) bond motifs is 1. The van der Waals surface area contributed by atoms with Gasteiger partial charge in [0.15, 0.2) is 0 Å². The van der Waals surface area contributed by atoms with E-state index in [1.165, 1.54) is 32.1 Å². The number of para-hydroxylation sites is 1. The van der Waals surface area contributed by atoms with Crippen molar-refractivity contribution in [3.05, 3.63) is 41.7 Å². The Morgan fingerprint density at radius 1 is 1.13 bits per heavy atom. The minimum absolute atomic E-state index is 0.161. The number of benzene rings is 1. The van der Waals surface area contributed by atoms with Crippen molar-refractivity contribution in [3.63, 3.8) is 0 Å². The second-order valence-electron chi connectivity index (χ2n) is 12.0. The van der Waals surface area contributed by atoms with Gasteiger partial charge in [-0.05, 0) is 83.6 Å². The fraction of sp³-hybridized carbons (Fsp3) is 0.567. The van der Waals surface area contributed by atoms with Gasteiger partial charge in [0.2, 0.25) is 5.95 Å². The number of likely N-dealkylation sites (tertiary alicyclic amines) is 1. The average molecular weight is 538 g/mol. The third-order valence-corrected chi connectivity index (χ3v) is 8.20. The number of amides is 1. The van der Waals surface area contributed by atoms with E-state index in [-0.39, 0.29) is 6.09 Å². The number of anilines is 1. The molecule has 5 rings (SSSR count). The van der Waals surface area contributed by atoms with Crippen LogP contribution in [0.25, 0.3) is 22.2 Å². The molecule has 38 heavy (non-hydrogen) atoms. The Hall–Kier alpha value is -2.80. The standard InChI is InChI=1S/C30H40ClN5O2/c1-30(2,3)38-29(37)36-16-6-7-21(19-36)11-10-20-12-14-22(15-13-20)34-28-33-18-25(31)27(35-28)24-17-32-26-9-5-4-8-23(24)26/h4-5,8-9,17-18,20-22,32H,6-7,10-16,19H2,1-3H3,(H,33,34,35). The van der Waals surface area contributed by atoms with E-state index in [2.05, 4.69) is 27.4 Å². The number of halogens is 1. The summed E-state index contributed by atoms with van der Waals surface area (Å²) in [5.74, 6) is 1.97. The monoisotopic (exact) mass is 537 g/mol. The number of H-pyrrole nitrogens is 1. The Kier molecular flexibility index (Phi) is 8.12. The van der Waals surface area contributed by atoms with Crippen molar-refractivity contribution < 1.29 is 9.53 Å². The third kappa shape index (κ3) is 6.60. The lowest BCUT2D eigenvalue weighted by atomic mass is 9.81. The molecule has 8 heteroatoms. The summed E-state index contributed by atoms with van der Waals surface area (Å²) in [5, 5.41) is 5.23. The van der Waals surface area contributed by atoms with Crippen molar-refractivity contribution in [2.24, 2.45) is 11.8 Å². The van der Waals surface area contributed by atoms with Gasteiger partial charge in [0.1, 0.15) is 5.60 Å². The van der Waals surface area contributed by atoms with Gasteiger partial charge in [-0.3, -0.25) is 0 Å². The molecular formula is C30H40ClN5O2. The first-order valence-corrected chi connectivity index (χ1v) is 14.5. The maximum absolute atomic E-state index is 12.5. The fourth-order valence-electron chi connectivity index (χ4n) is 5.94. The number of hydrogen-bond donors (Lipinski definition) is 2. The second-order valence-corrected chi connectivity index (χ2v) is 12.4. The quantitative estimate of drug-likeness (QED) is 0.337. The highest BCUT2D eigenvalue weighted by molar-refractivity contribution is 6.33. The summed E-state index contributed by atoms with van der Waals surface area (Å²) in [6.07, 6.45) is 12.9. The maximum atomic E-state index is 12.5. The van der Waals surface area contributed by atoms with Gasteiger partial charge in [-0.2, -0.15) is 0 Å². The maximum Gasteiger partial charge on any atom is 0.410 e. The molecule has 2 N–H and O–H groups in total. The lowest BCUT2D eigenvalue weighted by Gasteiger charge is -2.35. The molecule has 2 fully saturated rings. The molecule has 3 aromatic rings. The molecule has 1 unspecified atom stereocenters. The molecule has 1 aliphatic carbocycles. The van der Waals surface area contributed by atoms with Crippen LogP contribution in [-0.2, 0) is 4.74 Å². The van der Waals surface area contributed by atoms with Crippen LogP contribution < -0.4 is 5.32 Å². The van der Waals surface area contributed by atoms with E-state index in [0.717, 1.165) is 60.4 Å². The summed E-state index contributed by atoms with van der Waals surface area (Å²) in [4.78, 5) is 27.0. The first-order chi connectivity index (χ1) is 18.2. The minimum atomic E-state index is -0.439. The lowest BCUT2D eigenvalue weighted by molar-refractivity contribution is 0.0157. The molecule has 1 saturated heterocycles. The summed E-state index contributed by atoms with van der Waals surface area (Å²) in [7, 11) is 0. The van der Waals surface area contributed by atoms with E-state index < -0.39 is 5.60 Å². The van der Waals surface area contributed by atoms with E-state index in [0.29, 0.717) is 22.9 Å². The highest BCUT2D eigenvalue weighted by atomic mass is 35.5. The van der Waals surface area contributed by atoms with Crippen molar-refractivity contribution in [1.29, 1.82) is 0 Å². The van der Waals surface area contributed by atoms with Gasteiger partial charge < -0.3 is 19.9 Å². The van der Waals surface area contributed by atoms with Crippen molar-refractivity contribution in [2.45, 2.75) is 83.8 Å². The number of rotatable bonds is 6.